The van der Waals surface area contributed by atoms with E-state index < -0.39 is 17.5 Å². The Morgan fingerprint density at radius 3 is 2.46 bits per heavy atom. The van der Waals surface area contributed by atoms with Crippen molar-refractivity contribution in [2.75, 3.05) is 0 Å². The minimum Gasteiger partial charge on any atom is -0.442 e. The Kier molecular flexibility index (Phi) is 7.17. The van der Waals surface area contributed by atoms with Crippen molar-refractivity contribution in [3.8, 4) is 0 Å². The summed E-state index contributed by atoms with van der Waals surface area (Å²) in [6, 6.07) is 6.65. The fraction of sp³-hybridized carbons (Fsp3) is 0.389. The van der Waals surface area contributed by atoms with Crippen LogP contribution >= 0.6 is 0 Å². The Bertz CT molecular complexity index is 670. The van der Waals surface area contributed by atoms with E-state index in [9.17, 15) is 14.5 Å². The van der Waals surface area contributed by atoms with Crippen LogP contribution in [-0.2, 0) is 9.53 Å². The molecule has 0 saturated heterocycles. The van der Waals surface area contributed by atoms with Gasteiger partial charge in [0.15, 0.2) is 5.78 Å². The highest BCUT2D eigenvalue weighted by molar-refractivity contribution is 6.45. The van der Waals surface area contributed by atoms with Crippen LogP contribution in [0.2, 0.25) is 0 Å². The van der Waals surface area contributed by atoms with Crippen LogP contribution in [-0.4, -0.2) is 23.2 Å². The molecule has 0 aromatic heterocycles. The number of rotatable bonds is 6. The quantitative estimate of drug-likeness (QED) is 0.424. The van der Waals surface area contributed by atoms with Gasteiger partial charge in [-0.3, -0.25) is 4.79 Å². The van der Waals surface area contributed by atoms with Gasteiger partial charge in [0.25, 0.3) is 0 Å². The molecule has 0 aliphatic carbocycles. The summed E-state index contributed by atoms with van der Waals surface area (Å²) in [7, 11) is 0. The van der Waals surface area contributed by atoms with Crippen LogP contribution in [0.3, 0.4) is 0 Å². The number of hydrogen-bond donors (Lipinski definition) is 0. The average Bonchev–Trinajstić information content (AvgIpc) is 2.50. The first-order chi connectivity index (χ1) is 11.3. The number of ether oxygens (including phenoxy) is 1. The lowest BCUT2D eigenvalue weighted by atomic mass is 10.1. The maximum atomic E-state index is 12.3. The molecule has 0 N–H and O–H groups in total. The maximum absolute atomic E-state index is 12.3. The van der Waals surface area contributed by atoms with E-state index in [1.54, 1.807) is 45.0 Å². The number of ketones is 1. The zero-order valence-electron chi connectivity index (χ0n) is 14.4. The third-order valence-electron chi connectivity index (χ3n) is 2.84. The molecule has 6 nitrogen and oxygen atoms in total. The molecule has 0 heterocycles. The van der Waals surface area contributed by atoms with Crippen molar-refractivity contribution >= 4 is 29.4 Å². The fourth-order valence-corrected chi connectivity index (χ4v) is 1.84. The number of carbonyl (C=O) groups excluding carboxylic acids is 2. The normalized spacial score (nSPS) is 12.2. The molecular weight excluding hydrogens is 308 g/mol. The SMILES string of the molecule is CCCC(=NC(=O)OC(C)(C)C)C(=O)/C=C/c1ccccc1N=O. The Labute approximate surface area is 141 Å². The monoisotopic (exact) mass is 330 g/mol. The molecule has 0 bridgehead atoms. The zero-order valence-corrected chi connectivity index (χ0v) is 14.4. The second-order valence-electron chi connectivity index (χ2n) is 6.14. The molecule has 128 valence electrons. The van der Waals surface area contributed by atoms with E-state index >= 15 is 0 Å². The third-order valence-corrected chi connectivity index (χ3v) is 2.84. The van der Waals surface area contributed by atoms with Gasteiger partial charge < -0.3 is 4.74 Å². The lowest BCUT2D eigenvalue weighted by molar-refractivity contribution is -0.109. The molecule has 0 aliphatic rings. The molecule has 0 atom stereocenters. The Balaban J connectivity index is 2.96. The van der Waals surface area contributed by atoms with Crippen molar-refractivity contribution in [3.63, 3.8) is 0 Å². The standard InChI is InChI=1S/C18H22N2O4/c1-5-8-15(19-17(22)24-18(2,3)4)16(21)12-11-13-9-6-7-10-14(13)20-23/h6-7,9-12H,5,8H2,1-4H3/b12-11+,19-15?. The van der Waals surface area contributed by atoms with Gasteiger partial charge in [-0.15, -0.1) is 4.91 Å². The first-order valence-corrected chi connectivity index (χ1v) is 7.72. The molecule has 0 unspecified atom stereocenters. The summed E-state index contributed by atoms with van der Waals surface area (Å²) in [4.78, 5) is 38.6. The van der Waals surface area contributed by atoms with Crippen molar-refractivity contribution in [2.45, 2.75) is 46.1 Å². The van der Waals surface area contributed by atoms with E-state index in [1.165, 1.54) is 12.2 Å². The number of allylic oxidation sites excluding steroid dienone is 1. The number of nitroso groups, excluding NO2 is 1. The average molecular weight is 330 g/mol. The van der Waals surface area contributed by atoms with Gasteiger partial charge in [-0.1, -0.05) is 31.5 Å². The van der Waals surface area contributed by atoms with Crippen LogP contribution in [0.1, 0.15) is 46.1 Å². The topological polar surface area (TPSA) is 85.2 Å². The predicted octanol–water partition coefficient (Wildman–Crippen LogP) is 4.84. The van der Waals surface area contributed by atoms with E-state index in [0.29, 0.717) is 18.4 Å². The van der Waals surface area contributed by atoms with Gasteiger partial charge in [-0.25, -0.2) is 4.79 Å². The molecule has 24 heavy (non-hydrogen) atoms. The lowest BCUT2D eigenvalue weighted by Gasteiger charge is -2.17. The first kappa shape index (κ1) is 19.4. The van der Waals surface area contributed by atoms with E-state index in [1.807, 2.05) is 6.92 Å². The Hall–Kier alpha value is -2.63. The van der Waals surface area contributed by atoms with Crippen LogP contribution in [0.4, 0.5) is 10.5 Å². The highest BCUT2D eigenvalue weighted by atomic mass is 16.6. The summed E-state index contributed by atoms with van der Waals surface area (Å²) in [6.07, 6.45) is 2.99. The van der Waals surface area contributed by atoms with Crippen LogP contribution < -0.4 is 0 Å². The van der Waals surface area contributed by atoms with E-state index in [4.69, 9.17) is 4.74 Å². The van der Waals surface area contributed by atoms with Gasteiger partial charge in [-0.2, -0.15) is 4.99 Å². The van der Waals surface area contributed by atoms with Crippen molar-refractivity contribution in [1.82, 2.24) is 0 Å². The number of hydrogen-bond acceptors (Lipinski definition) is 5. The van der Waals surface area contributed by atoms with Crippen LogP contribution in [0.15, 0.2) is 40.5 Å². The predicted molar refractivity (Wildman–Crippen MR) is 94.5 cm³/mol. The summed E-state index contributed by atoms with van der Waals surface area (Å²) < 4.78 is 5.10. The zero-order chi connectivity index (χ0) is 18.2. The smallest absolute Gasteiger partial charge is 0.434 e. The summed E-state index contributed by atoms with van der Waals surface area (Å²) in [5.74, 6) is -0.400. The van der Waals surface area contributed by atoms with Crippen LogP contribution in [0, 0.1) is 4.91 Å². The van der Waals surface area contributed by atoms with Gasteiger partial charge in [0.1, 0.15) is 11.3 Å². The van der Waals surface area contributed by atoms with Crippen molar-refractivity contribution in [1.29, 1.82) is 0 Å². The molecule has 1 aromatic rings. The highest BCUT2D eigenvalue weighted by Crippen LogP contribution is 2.19. The van der Waals surface area contributed by atoms with Crippen LogP contribution in [0.5, 0.6) is 0 Å². The van der Waals surface area contributed by atoms with Crippen molar-refractivity contribution in [3.05, 3.63) is 40.8 Å². The van der Waals surface area contributed by atoms with Crippen LogP contribution in [0.25, 0.3) is 6.08 Å². The first-order valence-electron chi connectivity index (χ1n) is 7.72. The molecule has 1 rings (SSSR count). The second kappa shape index (κ2) is 8.86. The summed E-state index contributed by atoms with van der Waals surface area (Å²) >= 11 is 0. The maximum Gasteiger partial charge on any atom is 0.434 e. The number of amides is 1. The van der Waals surface area contributed by atoms with Gasteiger partial charge in [-0.05, 0) is 50.6 Å². The summed E-state index contributed by atoms with van der Waals surface area (Å²) in [5, 5.41) is 2.90. The molecule has 0 saturated carbocycles. The van der Waals surface area contributed by atoms with Gasteiger partial charge in [0.2, 0.25) is 0 Å². The number of aliphatic imine (C=N–C) groups is 1. The number of benzene rings is 1. The summed E-state index contributed by atoms with van der Waals surface area (Å²) in [5.41, 5.74) is 0.210. The molecule has 1 amide bonds. The van der Waals surface area contributed by atoms with E-state index in [2.05, 4.69) is 10.2 Å². The second-order valence-corrected chi connectivity index (χ2v) is 6.14. The number of nitrogens with zero attached hydrogens (tertiary/aromatic N) is 2. The van der Waals surface area contributed by atoms with Crippen molar-refractivity contribution in [2.24, 2.45) is 10.2 Å². The fourth-order valence-electron chi connectivity index (χ4n) is 1.84. The molecular formula is C18H22N2O4. The van der Waals surface area contributed by atoms with Crippen molar-refractivity contribution < 1.29 is 14.3 Å². The molecule has 6 heteroatoms. The Morgan fingerprint density at radius 1 is 1.21 bits per heavy atom. The molecule has 0 fully saturated rings. The lowest BCUT2D eigenvalue weighted by Crippen LogP contribution is -2.23. The van der Waals surface area contributed by atoms with E-state index in [-0.39, 0.29) is 11.4 Å². The minimum absolute atomic E-state index is 0.125. The molecule has 0 radical (unpaired) electrons. The van der Waals surface area contributed by atoms with Gasteiger partial charge in [0, 0.05) is 5.56 Å². The largest absolute Gasteiger partial charge is 0.442 e. The Morgan fingerprint density at radius 2 is 1.88 bits per heavy atom. The minimum atomic E-state index is -0.789. The third kappa shape index (κ3) is 6.64. The highest BCUT2D eigenvalue weighted by Gasteiger charge is 2.17. The van der Waals surface area contributed by atoms with E-state index in [0.717, 1.165) is 0 Å². The molecule has 1 aromatic carbocycles. The van der Waals surface area contributed by atoms with Gasteiger partial charge in [0.05, 0.1) is 5.71 Å². The van der Waals surface area contributed by atoms with Gasteiger partial charge >= 0.3 is 6.09 Å². The molecule has 0 aliphatic heterocycles. The summed E-state index contributed by atoms with van der Waals surface area (Å²) in [6.45, 7) is 7.06. The number of carbonyl (C=O) groups is 2. The molecule has 0 spiro atoms.